The highest BCUT2D eigenvalue weighted by Gasteiger charge is 2.15. The molecular formula is C19H28N2. The van der Waals surface area contributed by atoms with E-state index in [4.69, 9.17) is 4.98 Å². The van der Waals surface area contributed by atoms with Gasteiger partial charge in [-0.3, -0.25) is 4.98 Å². The van der Waals surface area contributed by atoms with Gasteiger partial charge in [-0.05, 0) is 48.9 Å². The van der Waals surface area contributed by atoms with E-state index in [0.717, 1.165) is 30.6 Å². The standard InChI is InChI=1S/C19H28N2/c1-6-8-15-9-10-17-16(12-15)19(20-11-7-2)18(13(3)4)14(5)21-17/h9-10,12-13H,6-8,11H2,1-5H3,(H,20,21). The van der Waals surface area contributed by atoms with Crippen molar-refractivity contribution in [3.8, 4) is 0 Å². The molecular weight excluding hydrogens is 256 g/mol. The monoisotopic (exact) mass is 284 g/mol. The van der Waals surface area contributed by atoms with Crippen molar-refractivity contribution < 1.29 is 0 Å². The number of hydrogen-bond donors (Lipinski definition) is 1. The fourth-order valence-electron chi connectivity index (χ4n) is 3.04. The maximum atomic E-state index is 4.83. The quantitative estimate of drug-likeness (QED) is 0.764. The van der Waals surface area contributed by atoms with E-state index < -0.39 is 0 Å². The highest BCUT2D eigenvalue weighted by atomic mass is 14.9. The number of aromatic nitrogens is 1. The Morgan fingerprint density at radius 2 is 1.90 bits per heavy atom. The van der Waals surface area contributed by atoms with Gasteiger partial charge in [0.25, 0.3) is 0 Å². The summed E-state index contributed by atoms with van der Waals surface area (Å²) in [6, 6.07) is 6.72. The van der Waals surface area contributed by atoms with Crippen LogP contribution in [0, 0.1) is 6.92 Å². The van der Waals surface area contributed by atoms with E-state index in [1.54, 1.807) is 0 Å². The fraction of sp³-hybridized carbons (Fsp3) is 0.526. The van der Waals surface area contributed by atoms with E-state index in [9.17, 15) is 0 Å². The predicted octanol–water partition coefficient (Wildman–Crippen LogP) is 5.44. The zero-order valence-electron chi connectivity index (χ0n) is 14.1. The summed E-state index contributed by atoms with van der Waals surface area (Å²) < 4.78 is 0. The molecule has 114 valence electrons. The average Bonchev–Trinajstić information content (AvgIpc) is 2.44. The van der Waals surface area contributed by atoms with Crippen LogP contribution in [-0.4, -0.2) is 11.5 Å². The zero-order chi connectivity index (χ0) is 15.4. The maximum absolute atomic E-state index is 4.83. The van der Waals surface area contributed by atoms with Crippen LogP contribution in [0.4, 0.5) is 5.69 Å². The maximum Gasteiger partial charge on any atom is 0.0726 e. The molecule has 2 rings (SSSR count). The van der Waals surface area contributed by atoms with Crippen molar-refractivity contribution in [2.24, 2.45) is 0 Å². The first-order valence-corrected chi connectivity index (χ1v) is 8.25. The van der Waals surface area contributed by atoms with Crippen molar-refractivity contribution in [1.82, 2.24) is 4.98 Å². The SMILES string of the molecule is CCCNc1c(C(C)C)c(C)nc2ccc(CCC)cc12. The summed E-state index contributed by atoms with van der Waals surface area (Å²) in [7, 11) is 0. The number of rotatable bonds is 6. The van der Waals surface area contributed by atoms with Gasteiger partial charge in [0.2, 0.25) is 0 Å². The lowest BCUT2D eigenvalue weighted by atomic mass is 9.95. The van der Waals surface area contributed by atoms with E-state index >= 15 is 0 Å². The molecule has 0 atom stereocenters. The number of hydrogen-bond acceptors (Lipinski definition) is 2. The summed E-state index contributed by atoms with van der Waals surface area (Å²) in [5.41, 5.74) is 6.33. The molecule has 2 aromatic rings. The number of aryl methyl sites for hydroxylation is 2. The highest BCUT2D eigenvalue weighted by Crippen LogP contribution is 2.34. The van der Waals surface area contributed by atoms with Crippen molar-refractivity contribution in [3.63, 3.8) is 0 Å². The first-order valence-electron chi connectivity index (χ1n) is 8.25. The Hall–Kier alpha value is -1.57. The van der Waals surface area contributed by atoms with Crippen molar-refractivity contribution in [3.05, 3.63) is 35.0 Å². The fourth-order valence-corrected chi connectivity index (χ4v) is 3.04. The zero-order valence-corrected chi connectivity index (χ0v) is 14.1. The highest BCUT2D eigenvalue weighted by molar-refractivity contribution is 5.94. The lowest BCUT2D eigenvalue weighted by Gasteiger charge is -2.20. The molecule has 1 aromatic carbocycles. The Kier molecular flexibility index (Phi) is 5.22. The van der Waals surface area contributed by atoms with Crippen molar-refractivity contribution in [2.45, 2.75) is 59.8 Å². The van der Waals surface area contributed by atoms with Crippen LogP contribution in [0.25, 0.3) is 10.9 Å². The second kappa shape index (κ2) is 6.93. The molecule has 1 heterocycles. The van der Waals surface area contributed by atoms with Crippen LogP contribution in [-0.2, 0) is 6.42 Å². The van der Waals surface area contributed by atoms with Gasteiger partial charge in [-0.25, -0.2) is 0 Å². The number of nitrogens with one attached hydrogen (secondary N) is 1. The largest absolute Gasteiger partial charge is 0.384 e. The summed E-state index contributed by atoms with van der Waals surface area (Å²) >= 11 is 0. The molecule has 2 nitrogen and oxygen atoms in total. The van der Waals surface area contributed by atoms with Crippen LogP contribution in [0.2, 0.25) is 0 Å². The number of nitrogens with zero attached hydrogens (tertiary/aromatic N) is 1. The molecule has 2 heteroatoms. The normalized spacial score (nSPS) is 11.3. The lowest BCUT2D eigenvalue weighted by Crippen LogP contribution is -2.08. The molecule has 21 heavy (non-hydrogen) atoms. The first kappa shape index (κ1) is 15.8. The van der Waals surface area contributed by atoms with Gasteiger partial charge in [0.15, 0.2) is 0 Å². The first-order chi connectivity index (χ1) is 10.1. The minimum Gasteiger partial charge on any atom is -0.384 e. The second-order valence-corrected chi connectivity index (χ2v) is 6.17. The molecule has 0 aliphatic carbocycles. The van der Waals surface area contributed by atoms with Crippen molar-refractivity contribution in [1.29, 1.82) is 0 Å². The van der Waals surface area contributed by atoms with Gasteiger partial charge < -0.3 is 5.32 Å². The molecule has 0 fully saturated rings. The summed E-state index contributed by atoms with van der Waals surface area (Å²) in [5, 5.41) is 4.94. The van der Waals surface area contributed by atoms with Crippen LogP contribution in [0.5, 0.6) is 0 Å². The third-order valence-electron chi connectivity index (χ3n) is 3.95. The number of benzene rings is 1. The molecule has 0 aliphatic rings. The van der Waals surface area contributed by atoms with Crippen molar-refractivity contribution >= 4 is 16.6 Å². The predicted molar refractivity (Wildman–Crippen MR) is 93.3 cm³/mol. The molecule has 1 aromatic heterocycles. The Morgan fingerprint density at radius 3 is 2.52 bits per heavy atom. The number of fused-ring (bicyclic) bond motifs is 1. The van der Waals surface area contributed by atoms with Crippen LogP contribution >= 0.6 is 0 Å². The van der Waals surface area contributed by atoms with Crippen molar-refractivity contribution in [2.75, 3.05) is 11.9 Å². The lowest BCUT2D eigenvalue weighted by molar-refractivity contribution is 0.844. The minimum absolute atomic E-state index is 0.482. The van der Waals surface area contributed by atoms with Crippen LogP contribution in [0.1, 0.15) is 63.3 Å². The molecule has 0 spiro atoms. The molecule has 0 aliphatic heterocycles. The van der Waals surface area contributed by atoms with Gasteiger partial charge in [-0.2, -0.15) is 0 Å². The Morgan fingerprint density at radius 1 is 1.14 bits per heavy atom. The molecule has 0 radical (unpaired) electrons. The van der Waals surface area contributed by atoms with Crippen LogP contribution in [0.3, 0.4) is 0 Å². The van der Waals surface area contributed by atoms with E-state index in [2.05, 4.69) is 58.1 Å². The van der Waals surface area contributed by atoms with Gasteiger partial charge in [-0.15, -0.1) is 0 Å². The van der Waals surface area contributed by atoms with Crippen LogP contribution in [0.15, 0.2) is 18.2 Å². The molecule has 0 unspecified atom stereocenters. The van der Waals surface area contributed by atoms with E-state index in [1.165, 1.54) is 28.6 Å². The van der Waals surface area contributed by atoms with Gasteiger partial charge in [0.1, 0.15) is 0 Å². The molecule has 0 saturated heterocycles. The van der Waals surface area contributed by atoms with Crippen LogP contribution < -0.4 is 5.32 Å². The summed E-state index contributed by atoms with van der Waals surface area (Å²) in [6.07, 6.45) is 3.45. The third-order valence-corrected chi connectivity index (χ3v) is 3.95. The third kappa shape index (κ3) is 3.37. The number of pyridine rings is 1. The topological polar surface area (TPSA) is 24.9 Å². The van der Waals surface area contributed by atoms with Gasteiger partial charge in [0.05, 0.1) is 5.52 Å². The van der Waals surface area contributed by atoms with E-state index in [-0.39, 0.29) is 0 Å². The molecule has 0 saturated carbocycles. The Balaban J connectivity index is 2.66. The summed E-state index contributed by atoms with van der Waals surface area (Å²) in [5.74, 6) is 0.482. The average molecular weight is 284 g/mol. The summed E-state index contributed by atoms with van der Waals surface area (Å²) in [6.45, 7) is 12.1. The summed E-state index contributed by atoms with van der Waals surface area (Å²) in [4.78, 5) is 4.83. The van der Waals surface area contributed by atoms with Gasteiger partial charge >= 0.3 is 0 Å². The van der Waals surface area contributed by atoms with Gasteiger partial charge in [0, 0.05) is 23.3 Å². The minimum atomic E-state index is 0.482. The Bertz CT molecular complexity index is 614. The number of anilines is 1. The Labute approximate surface area is 129 Å². The smallest absolute Gasteiger partial charge is 0.0726 e. The second-order valence-electron chi connectivity index (χ2n) is 6.17. The van der Waals surface area contributed by atoms with E-state index in [1.807, 2.05) is 0 Å². The van der Waals surface area contributed by atoms with Gasteiger partial charge in [-0.1, -0.05) is 40.2 Å². The molecule has 1 N–H and O–H groups in total. The molecule has 0 bridgehead atoms. The molecule has 0 amide bonds. The van der Waals surface area contributed by atoms with E-state index in [0.29, 0.717) is 5.92 Å².